The molecule has 2 unspecified atom stereocenters. The second kappa shape index (κ2) is 6.21. The molecular weight excluding hydrogens is 278 g/mol. The molecule has 118 valence electrons. The lowest BCUT2D eigenvalue weighted by molar-refractivity contribution is -0.159. The van der Waals surface area contributed by atoms with Crippen LogP contribution in [0.3, 0.4) is 0 Å². The third-order valence-electron chi connectivity index (χ3n) is 4.90. The number of benzene rings is 1. The van der Waals surface area contributed by atoms with E-state index in [2.05, 4.69) is 17.0 Å². The lowest BCUT2D eigenvalue weighted by Gasteiger charge is -2.50. The fourth-order valence-electron chi connectivity index (χ4n) is 4.08. The summed E-state index contributed by atoms with van der Waals surface area (Å²) < 4.78 is 5.37. The summed E-state index contributed by atoms with van der Waals surface area (Å²) in [5.41, 5.74) is 1.22. The van der Waals surface area contributed by atoms with Crippen LogP contribution in [0.25, 0.3) is 0 Å². The molecule has 0 N–H and O–H groups in total. The van der Waals surface area contributed by atoms with Gasteiger partial charge in [0.25, 0.3) is 0 Å². The number of nitrogens with zero attached hydrogens (tertiary/aromatic N) is 1. The van der Waals surface area contributed by atoms with E-state index in [1.165, 1.54) is 12.5 Å². The Bertz CT molecular complexity index is 557. The second-order valence-electron chi connectivity index (χ2n) is 6.61. The Morgan fingerprint density at radius 2 is 2.09 bits per heavy atom. The summed E-state index contributed by atoms with van der Waals surface area (Å²) in [7, 11) is 0. The van der Waals surface area contributed by atoms with Gasteiger partial charge in [0, 0.05) is 32.4 Å². The zero-order chi connectivity index (χ0) is 15.7. The molecule has 3 aliphatic rings. The number of carbonyl (C=O) groups is 2. The van der Waals surface area contributed by atoms with Gasteiger partial charge in [-0.15, -0.1) is 0 Å². The molecule has 2 bridgehead atoms. The summed E-state index contributed by atoms with van der Waals surface area (Å²) in [5.74, 6) is 0.551. The van der Waals surface area contributed by atoms with E-state index in [1.54, 1.807) is 0 Å². The molecule has 2 heterocycles. The van der Waals surface area contributed by atoms with Gasteiger partial charge in [-0.3, -0.25) is 14.5 Å². The number of carbonyl (C=O) groups excluding carboxylic acids is 2. The monoisotopic (exact) mass is 301 g/mol. The van der Waals surface area contributed by atoms with Crippen molar-refractivity contribution in [1.82, 2.24) is 4.90 Å². The topological polar surface area (TPSA) is 46.6 Å². The van der Waals surface area contributed by atoms with Crippen LogP contribution in [0.5, 0.6) is 0 Å². The van der Waals surface area contributed by atoms with E-state index in [0.29, 0.717) is 18.1 Å². The van der Waals surface area contributed by atoms with Gasteiger partial charge in [-0.05, 0) is 24.8 Å². The van der Waals surface area contributed by atoms with Gasteiger partial charge in [-0.2, -0.15) is 0 Å². The van der Waals surface area contributed by atoms with Crippen molar-refractivity contribution in [2.75, 3.05) is 6.54 Å². The van der Waals surface area contributed by atoms with Crippen molar-refractivity contribution in [2.45, 2.75) is 45.4 Å². The van der Waals surface area contributed by atoms with Gasteiger partial charge in [0.15, 0.2) is 5.78 Å². The van der Waals surface area contributed by atoms with Crippen molar-refractivity contribution in [3.05, 3.63) is 35.9 Å². The summed E-state index contributed by atoms with van der Waals surface area (Å²) in [5, 5.41) is 0. The van der Waals surface area contributed by atoms with Crippen LogP contribution >= 0.6 is 0 Å². The molecule has 1 aromatic carbocycles. The number of piperidine rings is 2. The van der Waals surface area contributed by atoms with E-state index in [9.17, 15) is 9.59 Å². The molecule has 1 aromatic rings. The Hall–Kier alpha value is -1.68. The van der Waals surface area contributed by atoms with Crippen LogP contribution in [0.2, 0.25) is 0 Å². The minimum absolute atomic E-state index is 0.112. The van der Waals surface area contributed by atoms with Gasteiger partial charge in [0.05, 0.1) is 6.04 Å². The van der Waals surface area contributed by atoms with Gasteiger partial charge < -0.3 is 4.74 Å². The first-order valence-electron chi connectivity index (χ1n) is 8.02. The average Bonchev–Trinajstić information content (AvgIpc) is 2.47. The Labute approximate surface area is 131 Å². The van der Waals surface area contributed by atoms with E-state index in [-0.39, 0.29) is 24.0 Å². The molecule has 3 fully saturated rings. The smallest absolute Gasteiger partial charge is 0.302 e. The fourth-order valence-corrected chi connectivity index (χ4v) is 4.08. The number of esters is 1. The minimum Gasteiger partial charge on any atom is -0.462 e. The van der Waals surface area contributed by atoms with Gasteiger partial charge in [0.1, 0.15) is 6.10 Å². The van der Waals surface area contributed by atoms with Crippen molar-refractivity contribution >= 4 is 11.8 Å². The maximum Gasteiger partial charge on any atom is 0.302 e. The number of ether oxygens (including phenoxy) is 1. The van der Waals surface area contributed by atoms with Crippen molar-refractivity contribution in [1.29, 1.82) is 0 Å². The normalized spacial score (nSPS) is 29.4. The highest BCUT2D eigenvalue weighted by Gasteiger charge is 2.48. The third-order valence-corrected chi connectivity index (χ3v) is 4.90. The van der Waals surface area contributed by atoms with E-state index < -0.39 is 0 Å². The average molecular weight is 301 g/mol. The molecular formula is C18H23NO3. The molecule has 4 atom stereocenters. The van der Waals surface area contributed by atoms with Crippen LogP contribution in [0, 0.1) is 11.8 Å². The van der Waals surface area contributed by atoms with Crippen molar-refractivity contribution < 1.29 is 14.3 Å². The molecule has 0 radical (unpaired) electrons. The fraction of sp³-hybridized carbons (Fsp3) is 0.556. The van der Waals surface area contributed by atoms with Crippen LogP contribution in [0.4, 0.5) is 0 Å². The van der Waals surface area contributed by atoms with Crippen LogP contribution < -0.4 is 0 Å². The quantitative estimate of drug-likeness (QED) is 0.801. The van der Waals surface area contributed by atoms with E-state index >= 15 is 0 Å². The Kier molecular flexibility index (Phi) is 4.30. The maximum absolute atomic E-state index is 12.5. The van der Waals surface area contributed by atoms with Crippen molar-refractivity contribution in [3.8, 4) is 0 Å². The molecule has 1 aliphatic carbocycles. The number of fused-ring (bicyclic) bond motifs is 3. The maximum atomic E-state index is 12.5. The highest BCUT2D eigenvalue weighted by molar-refractivity contribution is 5.86. The molecule has 0 spiro atoms. The van der Waals surface area contributed by atoms with E-state index in [1.807, 2.05) is 25.1 Å². The zero-order valence-corrected chi connectivity index (χ0v) is 13.2. The predicted octanol–water partition coefficient (Wildman–Crippen LogP) is 2.42. The van der Waals surface area contributed by atoms with Gasteiger partial charge >= 0.3 is 5.97 Å². The second-order valence-corrected chi connectivity index (χ2v) is 6.61. The number of rotatable bonds is 4. The first-order chi connectivity index (χ1) is 10.5. The summed E-state index contributed by atoms with van der Waals surface area (Å²) in [4.78, 5) is 26.0. The van der Waals surface area contributed by atoms with Crippen molar-refractivity contribution in [3.63, 3.8) is 0 Å². The molecule has 2 aliphatic heterocycles. The molecule has 2 saturated heterocycles. The Morgan fingerprint density at radius 1 is 1.36 bits per heavy atom. The van der Waals surface area contributed by atoms with Crippen LogP contribution in [0.15, 0.2) is 30.3 Å². The highest BCUT2D eigenvalue weighted by atomic mass is 16.5. The number of Topliss-reactive ketones (excluding diaryl/α,β-unsaturated/α-hetero) is 1. The number of ketones is 1. The van der Waals surface area contributed by atoms with E-state index in [0.717, 1.165) is 19.5 Å². The third kappa shape index (κ3) is 3.07. The van der Waals surface area contributed by atoms with Crippen LogP contribution in [-0.4, -0.2) is 35.3 Å². The Balaban J connectivity index is 1.77. The first kappa shape index (κ1) is 15.2. The highest BCUT2D eigenvalue weighted by Crippen LogP contribution is 2.40. The Morgan fingerprint density at radius 3 is 2.73 bits per heavy atom. The van der Waals surface area contributed by atoms with Crippen LogP contribution in [0.1, 0.15) is 32.3 Å². The van der Waals surface area contributed by atoms with Crippen molar-refractivity contribution in [2.24, 2.45) is 11.8 Å². The summed E-state index contributed by atoms with van der Waals surface area (Å²) in [6.45, 7) is 5.10. The van der Waals surface area contributed by atoms with E-state index in [4.69, 9.17) is 4.74 Å². The zero-order valence-electron chi connectivity index (χ0n) is 13.2. The molecule has 22 heavy (non-hydrogen) atoms. The summed E-state index contributed by atoms with van der Waals surface area (Å²) in [6.07, 6.45) is 1.46. The SMILES string of the molecule is CC(=O)OC(C)[C@@H]1C[C@H]2CC(=O)C1N(Cc1ccccc1)C2. The largest absolute Gasteiger partial charge is 0.462 e. The molecule has 0 amide bonds. The van der Waals surface area contributed by atoms with Gasteiger partial charge in [-0.1, -0.05) is 30.3 Å². The molecule has 4 rings (SSSR count). The summed E-state index contributed by atoms with van der Waals surface area (Å²) >= 11 is 0. The summed E-state index contributed by atoms with van der Waals surface area (Å²) in [6, 6.07) is 10.1. The minimum atomic E-state index is -0.268. The molecule has 4 nitrogen and oxygen atoms in total. The predicted molar refractivity (Wildman–Crippen MR) is 83.1 cm³/mol. The van der Waals surface area contributed by atoms with Gasteiger partial charge in [-0.25, -0.2) is 0 Å². The lowest BCUT2D eigenvalue weighted by atomic mass is 9.70. The number of hydrogen-bond acceptors (Lipinski definition) is 4. The number of hydrogen-bond donors (Lipinski definition) is 0. The first-order valence-corrected chi connectivity index (χ1v) is 8.02. The molecule has 4 heteroatoms. The molecule has 0 aromatic heterocycles. The molecule has 1 saturated carbocycles. The van der Waals surface area contributed by atoms with Gasteiger partial charge in [0.2, 0.25) is 0 Å². The van der Waals surface area contributed by atoms with Crippen LogP contribution in [-0.2, 0) is 20.9 Å². The lowest BCUT2D eigenvalue weighted by Crippen LogP contribution is -2.60. The standard InChI is InChI=1S/C18H23NO3/c1-12(22-13(2)20)16-8-15-9-17(21)18(16)19(11-15)10-14-6-4-3-5-7-14/h3-7,12,15-16,18H,8-11H2,1-2H3/t12?,15-,16-,18?/m0/s1.